The average molecular weight is 317 g/mol. The minimum absolute atomic E-state index is 0.250. The molecule has 4 nitrogen and oxygen atoms in total. The molecule has 0 saturated carbocycles. The maximum absolute atomic E-state index is 12.3. The van der Waals surface area contributed by atoms with E-state index in [4.69, 9.17) is 0 Å². The van der Waals surface area contributed by atoms with Crippen LogP contribution >= 0.6 is 0 Å². The molecule has 2 heterocycles. The zero-order valence-electron chi connectivity index (χ0n) is 14.3. The van der Waals surface area contributed by atoms with Gasteiger partial charge in [-0.3, -0.25) is 4.79 Å². The van der Waals surface area contributed by atoms with Crippen LogP contribution in [0.1, 0.15) is 31.7 Å². The molecule has 1 aromatic rings. The molecule has 2 aliphatic heterocycles. The van der Waals surface area contributed by atoms with Crippen LogP contribution in [0.5, 0.6) is 0 Å². The van der Waals surface area contributed by atoms with Gasteiger partial charge in [0.25, 0.3) is 5.91 Å². The lowest BCUT2D eigenvalue weighted by molar-refractivity contribution is -0.902. The van der Waals surface area contributed by atoms with Crippen molar-refractivity contribution >= 4 is 5.91 Å². The fourth-order valence-corrected chi connectivity index (χ4v) is 3.95. The number of likely N-dealkylation sites (tertiary alicyclic amines) is 2. The summed E-state index contributed by atoms with van der Waals surface area (Å²) in [5.41, 5.74) is 1.39. The van der Waals surface area contributed by atoms with Crippen molar-refractivity contribution in [1.82, 2.24) is 5.32 Å². The predicted molar refractivity (Wildman–Crippen MR) is 91.4 cm³/mol. The molecule has 4 heteroatoms. The second-order valence-corrected chi connectivity index (χ2v) is 7.53. The molecule has 0 aliphatic carbocycles. The van der Waals surface area contributed by atoms with Crippen LogP contribution in [0.15, 0.2) is 30.3 Å². The molecule has 2 atom stereocenters. The first-order valence-electron chi connectivity index (χ1n) is 9.19. The summed E-state index contributed by atoms with van der Waals surface area (Å²) in [5.74, 6) is 1.09. The lowest BCUT2D eigenvalue weighted by Gasteiger charge is -2.27. The maximum atomic E-state index is 12.3. The van der Waals surface area contributed by atoms with E-state index in [2.05, 4.69) is 42.6 Å². The van der Waals surface area contributed by atoms with E-state index in [0.29, 0.717) is 12.6 Å². The first kappa shape index (κ1) is 16.5. The van der Waals surface area contributed by atoms with E-state index < -0.39 is 0 Å². The molecule has 2 aliphatic rings. The second kappa shape index (κ2) is 7.93. The van der Waals surface area contributed by atoms with Gasteiger partial charge in [-0.25, -0.2) is 0 Å². The van der Waals surface area contributed by atoms with E-state index in [1.54, 1.807) is 4.90 Å². The van der Waals surface area contributed by atoms with Crippen LogP contribution in [0.3, 0.4) is 0 Å². The van der Waals surface area contributed by atoms with Crippen LogP contribution in [0, 0.1) is 5.92 Å². The zero-order valence-corrected chi connectivity index (χ0v) is 14.3. The number of hydrogen-bond acceptors (Lipinski definition) is 1. The monoisotopic (exact) mass is 317 g/mol. The first-order valence-corrected chi connectivity index (χ1v) is 9.19. The SMILES string of the molecule is CC1CC[NH+](CC(=O)N[C@H]2CC[NH+](Cc3ccccc3)C2)CC1. The van der Waals surface area contributed by atoms with Crippen molar-refractivity contribution in [1.29, 1.82) is 0 Å². The Morgan fingerprint density at radius 1 is 1.09 bits per heavy atom. The Labute approximate surface area is 139 Å². The van der Waals surface area contributed by atoms with E-state index in [1.165, 1.54) is 23.3 Å². The Bertz CT molecular complexity index is 497. The zero-order chi connectivity index (χ0) is 16.1. The van der Waals surface area contributed by atoms with Crippen molar-refractivity contribution in [2.75, 3.05) is 32.7 Å². The Morgan fingerprint density at radius 2 is 1.78 bits per heavy atom. The van der Waals surface area contributed by atoms with E-state index in [9.17, 15) is 4.79 Å². The van der Waals surface area contributed by atoms with Gasteiger partial charge in [0.2, 0.25) is 0 Å². The van der Waals surface area contributed by atoms with Gasteiger partial charge in [0.05, 0.1) is 32.2 Å². The molecule has 23 heavy (non-hydrogen) atoms. The van der Waals surface area contributed by atoms with Crippen molar-refractivity contribution in [2.45, 2.75) is 38.8 Å². The first-order chi connectivity index (χ1) is 11.2. The lowest BCUT2D eigenvalue weighted by atomic mass is 9.99. The fourth-order valence-electron chi connectivity index (χ4n) is 3.95. The standard InChI is InChI=1S/C19H29N3O/c1-16-7-10-21(11-8-16)15-19(23)20-18-9-12-22(14-18)13-17-5-3-2-4-6-17/h2-6,16,18H,7-15H2,1H3,(H,20,23)/p+2/t18-/m0/s1. The summed E-state index contributed by atoms with van der Waals surface area (Å²) in [6.07, 6.45) is 3.64. The molecule has 1 aromatic carbocycles. The maximum Gasteiger partial charge on any atom is 0.275 e. The molecule has 2 saturated heterocycles. The Hall–Kier alpha value is -1.39. The van der Waals surface area contributed by atoms with Gasteiger partial charge in [-0.2, -0.15) is 0 Å². The van der Waals surface area contributed by atoms with Gasteiger partial charge >= 0.3 is 0 Å². The van der Waals surface area contributed by atoms with Crippen molar-refractivity contribution in [3.8, 4) is 0 Å². The Balaban J connectivity index is 1.38. The van der Waals surface area contributed by atoms with Crippen LogP contribution in [-0.2, 0) is 11.3 Å². The van der Waals surface area contributed by atoms with E-state index in [0.717, 1.165) is 45.1 Å². The molecule has 0 aromatic heterocycles. The van der Waals surface area contributed by atoms with Crippen LogP contribution in [0.2, 0.25) is 0 Å². The van der Waals surface area contributed by atoms with E-state index >= 15 is 0 Å². The third-order valence-electron chi connectivity index (χ3n) is 5.44. The van der Waals surface area contributed by atoms with Crippen LogP contribution < -0.4 is 15.1 Å². The van der Waals surface area contributed by atoms with Crippen molar-refractivity contribution in [2.24, 2.45) is 5.92 Å². The highest BCUT2D eigenvalue weighted by Gasteiger charge is 2.29. The minimum Gasteiger partial charge on any atom is -0.343 e. The third-order valence-corrected chi connectivity index (χ3v) is 5.44. The largest absolute Gasteiger partial charge is 0.343 e. The Kier molecular flexibility index (Phi) is 5.68. The number of piperidine rings is 1. The molecule has 1 amide bonds. The summed E-state index contributed by atoms with van der Waals surface area (Å²) in [6.45, 7) is 8.59. The van der Waals surface area contributed by atoms with Crippen molar-refractivity contribution in [3.05, 3.63) is 35.9 Å². The summed E-state index contributed by atoms with van der Waals surface area (Å²) < 4.78 is 0. The molecular weight excluding hydrogens is 286 g/mol. The number of rotatable bonds is 5. The topological polar surface area (TPSA) is 38.0 Å². The normalized spacial score (nSPS) is 31.0. The molecule has 0 radical (unpaired) electrons. The van der Waals surface area contributed by atoms with Gasteiger partial charge in [-0.1, -0.05) is 37.3 Å². The van der Waals surface area contributed by atoms with Gasteiger partial charge in [0.1, 0.15) is 6.54 Å². The fraction of sp³-hybridized carbons (Fsp3) is 0.632. The Morgan fingerprint density at radius 3 is 2.52 bits per heavy atom. The number of quaternary nitrogens is 2. The summed E-state index contributed by atoms with van der Waals surface area (Å²) >= 11 is 0. The van der Waals surface area contributed by atoms with Crippen LogP contribution in [-0.4, -0.2) is 44.7 Å². The number of hydrogen-bond donors (Lipinski definition) is 3. The number of carbonyl (C=O) groups excluding carboxylic acids is 1. The minimum atomic E-state index is 0.250. The van der Waals surface area contributed by atoms with Gasteiger partial charge < -0.3 is 15.1 Å². The quantitative estimate of drug-likeness (QED) is 0.659. The predicted octanol–water partition coefficient (Wildman–Crippen LogP) is -0.725. The molecule has 3 rings (SSSR count). The smallest absolute Gasteiger partial charge is 0.275 e. The summed E-state index contributed by atoms with van der Waals surface area (Å²) in [4.78, 5) is 15.3. The highest BCUT2D eigenvalue weighted by molar-refractivity contribution is 5.77. The summed E-state index contributed by atoms with van der Waals surface area (Å²) in [6, 6.07) is 11.0. The summed E-state index contributed by atoms with van der Waals surface area (Å²) in [7, 11) is 0. The molecule has 1 unspecified atom stereocenters. The van der Waals surface area contributed by atoms with Crippen LogP contribution in [0.4, 0.5) is 0 Å². The van der Waals surface area contributed by atoms with Gasteiger partial charge in [0, 0.05) is 12.0 Å². The van der Waals surface area contributed by atoms with E-state index in [-0.39, 0.29) is 5.91 Å². The van der Waals surface area contributed by atoms with Crippen molar-refractivity contribution < 1.29 is 14.6 Å². The lowest BCUT2D eigenvalue weighted by Crippen LogP contribution is -3.14. The van der Waals surface area contributed by atoms with Gasteiger partial charge in [0.15, 0.2) is 6.54 Å². The molecular formula is C19H31N3O+2. The second-order valence-electron chi connectivity index (χ2n) is 7.53. The highest BCUT2D eigenvalue weighted by atomic mass is 16.2. The highest BCUT2D eigenvalue weighted by Crippen LogP contribution is 2.06. The number of amides is 1. The number of benzene rings is 1. The summed E-state index contributed by atoms with van der Waals surface area (Å²) in [5, 5.41) is 3.27. The molecule has 126 valence electrons. The van der Waals surface area contributed by atoms with Gasteiger partial charge in [-0.05, 0) is 18.8 Å². The number of nitrogens with one attached hydrogen (secondary N) is 3. The third kappa shape index (κ3) is 5.05. The average Bonchev–Trinajstić information content (AvgIpc) is 2.97. The molecule has 2 fully saturated rings. The molecule has 3 N–H and O–H groups in total. The molecule has 0 spiro atoms. The van der Waals surface area contributed by atoms with Crippen LogP contribution in [0.25, 0.3) is 0 Å². The van der Waals surface area contributed by atoms with E-state index in [1.807, 2.05) is 0 Å². The van der Waals surface area contributed by atoms with Crippen molar-refractivity contribution in [3.63, 3.8) is 0 Å². The number of carbonyl (C=O) groups is 1. The van der Waals surface area contributed by atoms with Gasteiger partial charge in [-0.15, -0.1) is 0 Å². The molecule has 0 bridgehead atoms.